The molecule has 0 aliphatic carbocycles. The number of carbonyl (C=O) groups excluding carboxylic acids is 2. The van der Waals surface area contributed by atoms with Crippen molar-refractivity contribution in [3.8, 4) is 0 Å². The monoisotopic (exact) mass is 401 g/mol. The Kier molecular flexibility index (Phi) is 5.34. The Balaban J connectivity index is 1.57. The summed E-state index contributed by atoms with van der Waals surface area (Å²) < 4.78 is 0. The number of para-hydroxylation sites is 1. The Morgan fingerprint density at radius 2 is 1.80 bits per heavy atom. The average molecular weight is 401 g/mol. The molecule has 0 bridgehead atoms. The van der Waals surface area contributed by atoms with Crippen molar-refractivity contribution in [1.29, 1.82) is 0 Å². The van der Waals surface area contributed by atoms with E-state index >= 15 is 0 Å². The molecule has 1 aliphatic rings. The number of nitrogens with one attached hydrogen (secondary N) is 3. The molecule has 4 rings (SSSR count). The summed E-state index contributed by atoms with van der Waals surface area (Å²) in [4.78, 5) is 30.0. The minimum Gasteiger partial charge on any atom is -0.355 e. The van der Waals surface area contributed by atoms with Crippen LogP contribution in [0, 0.1) is 0 Å². The van der Waals surface area contributed by atoms with Gasteiger partial charge in [0.2, 0.25) is 5.91 Å². The van der Waals surface area contributed by atoms with Crippen LogP contribution < -0.4 is 20.9 Å². The van der Waals surface area contributed by atoms with E-state index in [0.29, 0.717) is 17.9 Å². The molecule has 2 amide bonds. The van der Waals surface area contributed by atoms with Gasteiger partial charge >= 0.3 is 0 Å². The lowest BCUT2D eigenvalue weighted by Gasteiger charge is -2.19. The Labute approximate surface area is 175 Å². The van der Waals surface area contributed by atoms with E-state index in [1.54, 1.807) is 32.3 Å². The fourth-order valence-corrected chi connectivity index (χ4v) is 3.63. The lowest BCUT2D eigenvalue weighted by Crippen LogP contribution is -2.26. The van der Waals surface area contributed by atoms with Crippen molar-refractivity contribution < 1.29 is 9.59 Å². The summed E-state index contributed by atoms with van der Waals surface area (Å²) in [5.41, 5.74) is 5.17. The highest BCUT2D eigenvalue weighted by molar-refractivity contribution is 5.98. The second-order valence-corrected chi connectivity index (χ2v) is 7.07. The van der Waals surface area contributed by atoms with Crippen LogP contribution >= 0.6 is 0 Å². The summed E-state index contributed by atoms with van der Waals surface area (Å²) in [5, 5.41) is 9.27. The summed E-state index contributed by atoms with van der Waals surface area (Å²) in [6, 6.07) is 17.0. The van der Waals surface area contributed by atoms with Crippen molar-refractivity contribution in [2.75, 3.05) is 29.1 Å². The summed E-state index contributed by atoms with van der Waals surface area (Å²) in [5.74, 6) is 0.538. The molecule has 0 fully saturated rings. The van der Waals surface area contributed by atoms with E-state index in [1.807, 2.05) is 41.3 Å². The zero-order valence-electron chi connectivity index (χ0n) is 16.9. The van der Waals surface area contributed by atoms with Gasteiger partial charge in [0, 0.05) is 49.7 Å². The first-order valence-corrected chi connectivity index (χ1v) is 9.77. The standard InChI is InChI=1S/C23H23N5O2/c1-15(29)28-12-10-16-5-4-8-20(22(16)28)26-19-9-11-25-21(14-19)27-18-7-3-6-17(13-18)23(30)24-2/h3-9,11,13-14H,10,12H2,1-2H3,(H,24,30)(H2,25,26,27). The van der Waals surface area contributed by atoms with Crippen LogP contribution in [0.4, 0.5) is 28.6 Å². The fraction of sp³-hybridized carbons (Fsp3) is 0.174. The van der Waals surface area contributed by atoms with Gasteiger partial charge in [-0.25, -0.2) is 4.98 Å². The first-order valence-electron chi connectivity index (χ1n) is 9.77. The largest absolute Gasteiger partial charge is 0.355 e. The van der Waals surface area contributed by atoms with E-state index in [2.05, 4.69) is 27.0 Å². The van der Waals surface area contributed by atoms with Gasteiger partial charge in [0.25, 0.3) is 5.91 Å². The molecule has 152 valence electrons. The summed E-state index contributed by atoms with van der Waals surface area (Å²) >= 11 is 0. The molecule has 1 aliphatic heterocycles. The molecule has 0 radical (unpaired) electrons. The second kappa shape index (κ2) is 8.24. The second-order valence-electron chi connectivity index (χ2n) is 7.07. The molecule has 7 nitrogen and oxygen atoms in total. The van der Waals surface area contributed by atoms with Crippen LogP contribution in [0.2, 0.25) is 0 Å². The van der Waals surface area contributed by atoms with Gasteiger partial charge in [-0.2, -0.15) is 0 Å². The highest BCUT2D eigenvalue weighted by Crippen LogP contribution is 2.37. The average Bonchev–Trinajstić information content (AvgIpc) is 3.19. The van der Waals surface area contributed by atoms with Crippen LogP contribution in [0.5, 0.6) is 0 Å². The number of carbonyl (C=O) groups is 2. The SMILES string of the molecule is CNC(=O)c1cccc(Nc2cc(Nc3cccc4c3N(C(C)=O)CC4)ccn2)c1. The van der Waals surface area contributed by atoms with E-state index < -0.39 is 0 Å². The van der Waals surface area contributed by atoms with E-state index in [9.17, 15) is 9.59 Å². The number of hydrogen-bond acceptors (Lipinski definition) is 5. The Hall–Kier alpha value is -3.87. The molecule has 2 aromatic carbocycles. The van der Waals surface area contributed by atoms with Crippen LogP contribution in [0.25, 0.3) is 0 Å². The van der Waals surface area contributed by atoms with Gasteiger partial charge in [-0.05, 0) is 42.3 Å². The molecule has 30 heavy (non-hydrogen) atoms. The molecule has 0 saturated heterocycles. The van der Waals surface area contributed by atoms with Gasteiger partial charge in [-0.1, -0.05) is 18.2 Å². The molecular formula is C23H23N5O2. The number of nitrogens with zero attached hydrogens (tertiary/aromatic N) is 2. The maximum atomic E-state index is 12.0. The number of hydrogen-bond donors (Lipinski definition) is 3. The number of anilines is 5. The van der Waals surface area contributed by atoms with Gasteiger partial charge in [-0.15, -0.1) is 0 Å². The molecule has 1 aromatic heterocycles. The van der Waals surface area contributed by atoms with Crippen molar-refractivity contribution in [3.63, 3.8) is 0 Å². The Bertz CT molecular complexity index is 1110. The lowest BCUT2D eigenvalue weighted by molar-refractivity contribution is -0.116. The normalized spacial score (nSPS) is 12.3. The number of aromatic nitrogens is 1. The number of benzene rings is 2. The molecule has 0 saturated carbocycles. The van der Waals surface area contributed by atoms with Crippen molar-refractivity contribution >= 4 is 40.4 Å². The topological polar surface area (TPSA) is 86.4 Å². The number of amides is 2. The summed E-state index contributed by atoms with van der Waals surface area (Å²) in [6.45, 7) is 2.29. The first-order chi connectivity index (χ1) is 14.5. The van der Waals surface area contributed by atoms with Crippen LogP contribution in [0.15, 0.2) is 60.8 Å². The first kappa shape index (κ1) is 19.4. The Morgan fingerprint density at radius 3 is 2.60 bits per heavy atom. The van der Waals surface area contributed by atoms with Crippen LogP contribution in [0.1, 0.15) is 22.8 Å². The molecule has 3 N–H and O–H groups in total. The van der Waals surface area contributed by atoms with Crippen LogP contribution in [0.3, 0.4) is 0 Å². The van der Waals surface area contributed by atoms with Gasteiger partial charge in [0.15, 0.2) is 0 Å². The maximum absolute atomic E-state index is 12.0. The molecule has 0 spiro atoms. The number of fused-ring (bicyclic) bond motifs is 1. The van der Waals surface area contributed by atoms with Gasteiger partial charge in [-0.3, -0.25) is 9.59 Å². The van der Waals surface area contributed by atoms with E-state index in [4.69, 9.17) is 0 Å². The highest BCUT2D eigenvalue weighted by Gasteiger charge is 2.25. The summed E-state index contributed by atoms with van der Waals surface area (Å²) in [6.07, 6.45) is 2.56. The third-order valence-corrected chi connectivity index (χ3v) is 5.04. The predicted molar refractivity (Wildman–Crippen MR) is 119 cm³/mol. The van der Waals surface area contributed by atoms with E-state index in [1.165, 1.54) is 0 Å². The quantitative estimate of drug-likeness (QED) is 0.605. The van der Waals surface area contributed by atoms with Gasteiger partial charge in [0.05, 0.1) is 11.4 Å². The number of rotatable bonds is 5. The smallest absolute Gasteiger partial charge is 0.251 e. The molecule has 7 heteroatoms. The third kappa shape index (κ3) is 3.96. The molecule has 2 heterocycles. The summed E-state index contributed by atoms with van der Waals surface area (Å²) in [7, 11) is 1.60. The predicted octanol–water partition coefficient (Wildman–Crippen LogP) is 3.84. The fourth-order valence-electron chi connectivity index (χ4n) is 3.63. The van der Waals surface area contributed by atoms with E-state index in [0.717, 1.165) is 34.7 Å². The lowest BCUT2D eigenvalue weighted by atomic mass is 10.1. The maximum Gasteiger partial charge on any atom is 0.251 e. The molecule has 0 atom stereocenters. The van der Waals surface area contributed by atoms with Crippen molar-refractivity contribution in [3.05, 3.63) is 71.9 Å². The van der Waals surface area contributed by atoms with Crippen molar-refractivity contribution in [2.24, 2.45) is 0 Å². The zero-order chi connectivity index (χ0) is 21.1. The number of pyridine rings is 1. The van der Waals surface area contributed by atoms with E-state index in [-0.39, 0.29) is 11.8 Å². The van der Waals surface area contributed by atoms with Gasteiger partial charge in [0.1, 0.15) is 5.82 Å². The van der Waals surface area contributed by atoms with Crippen molar-refractivity contribution in [1.82, 2.24) is 10.3 Å². The highest BCUT2D eigenvalue weighted by atomic mass is 16.2. The zero-order valence-corrected chi connectivity index (χ0v) is 16.9. The minimum absolute atomic E-state index is 0.0380. The third-order valence-electron chi connectivity index (χ3n) is 5.04. The molecule has 3 aromatic rings. The molecular weight excluding hydrogens is 378 g/mol. The van der Waals surface area contributed by atoms with Crippen molar-refractivity contribution in [2.45, 2.75) is 13.3 Å². The van der Waals surface area contributed by atoms with Gasteiger partial charge < -0.3 is 20.9 Å². The molecule has 0 unspecified atom stereocenters. The minimum atomic E-state index is -0.144. The Morgan fingerprint density at radius 1 is 1.00 bits per heavy atom. The van der Waals surface area contributed by atoms with Crippen LogP contribution in [-0.2, 0) is 11.2 Å². The van der Waals surface area contributed by atoms with Crippen LogP contribution in [-0.4, -0.2) is 30.4 Å².